The van der Waals surface area contributed by atoms with Crippen molar-refractivity contribution in [2.75, 3.05) is 0 Å². The minimum absolute atomic E-state index is 0.0320. The standard InChI is InChI=1S/C9H8N2O5.C5H12/c12-8-7(11(15)16)4-3-6(5-1-2-5)10(8)9(13)14;1-5(2,3)4/h3-5H,1-2H2,(H,13,14);1-4H3. The topological polar surface area (TPSA) is 102 Å². The Hall–Kier alpha value is -2.18. The van der Waals surface area contributed by atoms with Crippen molar-refractivity contribution in [3.63, 3.8) is 0 Å². The van der Waals surface area contributed by atoms with Crippen LogP contribution in [0.3, 0.4) is 0 Å². The Morgan fingerprint density at radius 1 is 1.33 bits per heavy atom. The summed E-state index contributed by atoms with van der Waals surface area (Å²) < 4.78 is 0.468. The molecule has 1 heterocycles. The highest BCUT2D eigenvalue weighted by Crippen LogP contribution is 2.39. The van der Waals surface area contributed by atoms with Gasteiger partial charge in [-0.2, -0.15) is 0 Å². The van der Waals surface area contributed by atoms with E-state index in [1.165, 1.54) is 6.07 Å². The van der Waals surface area contributed by atoms with Crippen molar-refractivity contribution in [1.82, 2.24) is 4.57 Å². The molecule has 0 spiro atoms. The van der Waals surface area contributed by atoms with Gasteiger partial charge in [0.1, 0.15) is 0 Å². The van der Waals surface area contributed by atoms with Gasteiger partial charge in [0.05, 0.1) is 4.92 Å². The minimum atomic E-state index is -1.48. The van der Waals surface area contributed by atoms with Crippen LogP contribution in [0.2, 0.25) is 0 Å². The van der Waals surface area contributed by atoms with Crippen LogP contribution < -0.4 is 5.56 Å². The van der Waals surface area contributed by atoms with Gasteiger partial charge in [0.15, 0.2) is 0 Å². The van der Waals surface area contributed by atoms with Gasteiger partial charge in [-0.25, -0.2) is 9.36 Å². The fourth-order valence-corrected chi connectivity index (χ4v) is 1.58. The van der Waals surface area contributed by atoms with Crippen LogP contribution in [0.1, 0.15) is 52.1 Å². The first kappa shape index (κ1) is 16.9. The normalized spacial score (nSPS) is 14.1. The van der Waals surface area contributed by atoms with Crippen molar-refractivity contribution in [3.8, 4) is 0 Å². The molecule has 7 nitrogen and oxygen atoms in total. The van der Waals surface area contributed by atoms with Crippen LogP contribution in [0.15, 0.2) is 16.9 Å². The van der Waals surface area contributed by atoms with Crippen LogP contribution in [0.25, 0.3) is 0 Å². The third kappa shape index (κ3) is 5.02. The number of carbonyl (C=O) groups is 1. The average molecular weight is 296 g/mol. The molecule has 1 N–H and O–H groups in total. The number of rotatable bonds is 2. The summed E-state index contributed by atoms with van der Waals surface area (Å²) in [5.74, 6) is 0.0320. The molecule has 0 bridgehead atoms. The fraction of sp³-hybridized carbons (Fsp3) is 0.571. The molecule has 0 aliphatic heterocycles. The molecule has 21 heavy (non-hydrogen) atoms. The summed E-state index contributed by atoms with van der Waals surface area (Å²) in [6.45, 7) is 8.75. The van der Waals surface area contributed by atoms with E-state index in [0.717, 1.165) is 18.9 Å². The monoisotopic (exact) mass is 296 g/mol. The molecule has 0 aromatic carbocycles. The van der Waals surface area contributed by atoms with Crippen molar-refractivity contribution in [3.05, 3.63) is 38.3 Å². The Bertz CT molecular complexity index is 603. The second kappa shape index (κ2) is 6.07. The van der Waals surface area contributed by atoms with Gasteiger partial charge in [-0.15, -0.1) is 0 Å². The lowest BCUT2D eigenvalue weighted by Gasteiger charge is -2.06. The van der Waals surface area contributed by atoms with Gasteiger partial charge >= 0.3 is 17.3 Å². The SMILES string of the molecule is CC(C)(C)C.O=C(O)n1c(C2CC2)ccc([N+](=O)[O-])c1=O. The van der Waals surface area contributed by atoms with Crippen LogP contribution in [0.5, 0.6) is 0 Å². The summed E-state index contributed by atoms with van der Waals surface area (Å²) >= 11 is 0. The lowest BCUT2D eigenvalue weighted by molar-refractivity contribution is -0.386. The van der Waals surface area contributed by atoms with Crippen molar-refractivity contribution in [2.24, 2.45) is 5.41 Å². The van der Waals surface area contributed by atoms with Gasteiger partial charge in [-0.05, 0) is 30.2 Å². The highest BCUT2D eigenvalue weighted by molar-refractivity contribution is 5.70. The maximum Gasteiger partial charge on any atom is 0.418 e. The molecule has 1 aromatic heterocycles. The number of carboxylic acid groups (broad SMARTS) is 1. The molecule has 1 fully saturated rings. The maximum absolute atomic E-state index is 11.5. The molecule has 1 saturated carbocycles. The van der Waals surface area contributed by atoms with E-state index in [1.807, 2.05) is 0 Å². The number of hydrogen-bond acceptors (Lipinski definition) is 4. The largest absolute Gasteiger partial charge is 0.464 e. The molecule has 0 saturated heterocycles. The van der Waals surface area contributed by atoms with Crippen molar-refractivity contribution >= 4 is 11.8 Å². The third-order valence-electron chi connectivity index (χ3n) is 2.48. The average Bonchev–Trinajstić information content (AvgIpc) is 3.08. The first-order chi connectivity index (χ1) is 9.52. The molecule has 1 aliphatic rings. The van der Waals surface area contributed by atoms with E-state index in [4.69, 9.17) is 5.11 Å². The number of nitrogens with zero attached hydrogens (tertiary/aromatic N) is 2. The van der Waals surface area contributed by atoms with Gasteiger partial charge in [0.2, 0.25) is 0 Å². The fourth-order valence-electron chi connectivity index (χ4n) is 1.58. The second-order valence-corrected chi connectivity index (χ2v) is 6.60. The smallest absolute Gasteiger partial charge is 0.418 e. The van der Waals surface area contributed by atoms with Gasteiger partial charge in [-0.1, -0.05) is 27.7 Å². The molecule has 0 atom stereocenters. The molecular formula is C14H20N2O5. The summed E-state index contributed by atoms with van der Waals surface area (Å²) in [6.07, 6.45) is 0.144. The number of nitro groups is 1. The second-order valence-electron chi connectivity index (χ2n) is 6.60. The van der Waals surface area contributed by atoms with Crippen molar-refractivity contribution < 1.29 is 14.8 Å². The van der Waals surface area contributed by atoms with Crippen LogP contribution >= 0.6 is 0 Å². The molecular weight excluding hydrogens is 276 g/mol. The van der Waals surface area contributed by atoms with Crippen LogP contribution in [0, 0.1) is 15.5 Å². The Morgan fingerprint density at radius 3 is 2.14 bits per heavy atom. The zero-order chi connectivity index (χ0) is 16.4. The first-order valence-corrected chi connectivity index (χ1v) is 6.66. The first-order valence-electron chi connectivity index (χ1n) is 6.66. The van der Waals surface area contributed by atoms with E-state index < -0.39 is 22.3 Å². The van der Waals surface area contributed by atoms with Gasteiger partial charge in [-0.3, -0.25) is 14.9 Å². The minimum Gasteiger partial charge on any atom is -0.464 e. The molecule has 1 aliphatic carbocycles. The van der Waals surface area contributed by atoms with E-state index in [0.29, 0.717) is 15.7 Å². The molecule has 116 valence electrons. The molecule has 7 heteroatoms. The summed E-state index contributed by atoms with van der Waals surface area (Å²) in [5, 5.41) is 19.4. The van der Waals surface area contributed by atoms with Gasteiger partial charge in [0.25, 0.3) is 0 Å². The van der Waals surface area contributed by atoms with Crippen molar-refractivity contribution in [2.45, 2.75) is 46.5 Å². The Balaban J connectivity index is 0.000000383. The molecule has 0 radical (unpaired) electrons. The maximum atomic E-state index is 11.5. The number of aromatic nitrogens is 1. The van der Waals surface area contributed by atoms with Crippen LogP contribution in [0.4, 0.5) is 10.5 Å². The predicted molar refractivity (Wildman–Crippen MR) is 77.9 cm³/mol. The molecule has 2 rings (SSSR count). The van der Waals surface area contributed by atoms with Gasteiger partial charge in [0, 0.05) is 11.8 Å². The van der Waals surface area contributed by atoms with E-state index in [-0.39, 0.29) is 5.92 Å². The van der Waals surface area contributed by atoms with Crippen molar-refractivity contribution in [1.29, 1.82) is 0 Å². The summed E-state index contributed by atoms with van der Waals surface area (Å²) in [7, 11) is 0. The Kier molecular flexibility index (Phi) is 4.88. The molecule has 0 unspecified atom stereocenters. The number of pyridine rings is 1. The number of hydrogen-bond donors (Lipinski definition) is 1. The molecule has 1 aromatic rings. The molecule has 0 amide bonds. The highest BCUT2D eigenvalue weighted by atomic mass is 16.6. The summed E-state index contributed by atoms with van der Waals surface area (Å²) in [4.78, 5) is 32.1. The zero-order valence-electron chi connectivity index (χ0n) is 12.6. The highest BCUT2D eigenvalue weighted by Gasteiger charge is 2.31. The van der Waals surface area contributed by atoms with Crippen LogP contribution in [-0.4, -0.2) is 20.7 Å². The predicted octanol–water partition coefficient (Wildman–Crippen LogP) is 3.21. The third-order valence-corrected chi connectivity index (χ3v) is 2.48. The quantitative estimate of drug-likeness (QED) is 0.666. The Labute approximate surface area is 122 Å². The Morgan fingerprint density at radius 2 is 1.81 bits per heavy atom. The summed E-state index contributed by atoms with van der Waals surface area (Å²) in [5.41, 5.74) is -0.961. The van der Waals surface area contributed by atoms with E-state index in [2.05, 4.69) is 27.7 Å². The lowest BCUT2D eigenvalue weighted by Crippen LogP contribution is -2.30. The lowest BCUT2D eigenvalue weighted by atomic mass is 10.0. The van der Waals surface area contributed by atoms with Crippen LogP contribution in [-0.2, 0) is 0 Å². The van der Waals surface area contributed by atoms with E-state index >= 15 is 0 Å². The van der Waals surface area contributed by atoms with E-state index in [9.17, 15) is 19.7 Å². The zero-order valence-corrected chi connectivity index (χ0v) is 12.6. The summed E-state index contributed by atoms with van der Waals surface area (Å²) in [6, 6.07) is 2.40. The van der Waals surface area contributed by atoms with E-state index in [1.54, 1.807) is 0 Å². The van der Waals surface area contributed by atoms with Gasteiger partial charge < -0.3 is 5.11 Å².